The van der Waals surface area contributed by atoms with E-state index < -0.39 is 0 Å². The van der Waals surface area contributed by atoms with E-state index in [9.17, 15) is 0 Å². The van der Waals surface area contributed by atoms with E-state index in [1.54, 1.807) is 0 Å². The Morgan fingerprint density at radius 3 is 2.22 bits per heavy atom. The van der Waals surface area contributed by atoms with Gasteiger partial charge >= 0.3 is 0 Å². The lowest BCUT2D eigenvalue weighted by Gasteiger charge is -1.97. The van der Waals surface area contributed by atoms with Crippen molar-refractivity contribution < 1.29 is 4.42 Å². The number of fused-ring (bicyclic) bond motifs is 11. The molecule has 0 saturated carbocycles. The Kier molecular flexibility index (Phi) is 2.57. The minimum Gasteiger partial charge on any atom is -0.456 e. The van der Waals surface area contributed by atoms with Crippen molar-refractivity contribution in [3.63, 3.8) is 0 Å². The lowest BCUT2D eigenvalue weighted by atomic mass is 10.0. The molecule has 1 nitrogen and oxygen atoms in total. The van der Waals surface area contributed by atoms with Gasteiger partial charge in [-0.25, -0.2) is 0 Å². The Balaban J connectivity index is 1.84. The Morgan fingerprint density at radius 1 is 0.481 bits per heavy atom. The first-order valence-electron chi connectivity index (χ1n) is 8.95. The van der Waals surface area contributed by atoms with Crippen LogP contribution in [0.15, 0.2) is 77.2 Å². The van der Waals surface area contributed by atoms with Crippen LogP contribution in [-0.4, -0.2) is 0 Å². The molecular weight excluding hydrogens is 368 g/mol. The second-order valence-corrected chi connectivity index (χ2v) is 9.06. The number of hydrogen-bond acceptors (Lipinski definition) is 3. The molecular formula is C24H12OS2. The lowest BCUT2D eigenvalue weighted by molar-refractivity contribution is 0.669. The van der Waals surface area contributed by atoms with Gasteiger partial charge in [-0.15, -0.1) is 22.7 Å². The number of hydrogen-bond donors (Lipinski definition) is 0. The molecule has 0 bridgehead atoms. The van der Waals surface area contributed by atoms with Crippen LogP contribution in [-0.2, 0) is 0 Å². The van der Waals surface area contributed by atoms with E-state index in [-0.39, 0.29) is 0 Å². The maximum atomic E-state index is 6.16. The van der Waals surface area contributed by atoms with Gasteiger partial charge in [-0.1, -0.05) is 42.5 Å². The molecule has 0 fully saturated rings. The predicted molar refractivity (Wildman–Crippen MR) is 119 cm³/mol. The first kappa shape index (κ1) is 14.2. The minimum absolute atomic E-state index is 0.961. The van der Waals surface area contributed by atoms with E-state index in [2.05, 4.69) is 66.7 Å². The zero-order chi connectivity index (χ0) is 17.5. The molecule has 4 aromatic carbocycles. The van der Waals surface area contributed by atoms with Crippen molar-refractivity contribution in [3.8, 4) is 0 Å². The molecule has 0 radical (unpaired) electrons. The molecule has 3 heterocycles. The molecule has 0 spiro atoms. The van der Waals surface area contributed by atoms with Gasteiger partial charge in [0.1, 0.15) is 11.2 Å². The van der Waals surface area contributed by atoms with Gasteiger partial charge < -0.3 is 4.42 Å². The molecule has 7 aromatic rings. The highest BCUT2D eigenvalue weighted by Gasteiger charge is 2.18. The normalized spacial score (nSPS) is 12.4. The van der Waals surface area contributed by atoms with Gasteiger partial charge in [0.15, 0.2) is 0 Å². The quantitative estimate of drug-likeness (QED) is 0.258. The van der Waals surface area contributed by atoms with E-state index in [4.69, 9.17) is 4.42 Å². The molecule has 3 heteroatoms. The molecule has 0 aliphatic heterocycles. The zero-order valence-corrected chi connectivity index (χ0v) is 15.8. The maximum Gasteiger partial charge on any atom is 0.136 e. The van der Waals surface area contributed by atoms with Crippen LogP contribution in [0.3, 0.4) is 0 Å². The topological polar surface area (TPSA) is 13.1 Å². The van der Waals surface area contributed by atoms with Gasteiger partial charge in [0.2, 0.25) is 0 Å². The number of rotatable bonds is 0. The summed E-state index contributed by atoms with van der Waals surface area (Å²) in [6, 6.07) is 26.0. The lowest BCUT2D eigenvalue weighted by Crippen LogP contribution is -1.72. The third-order valence-corrected chi connectivity index (χ3v) is 7.81. The fourth-order valence-corrected chi connectivity index (χ4v) is 6.78. The Labute approximate surface area is 162 Å². The van der Waals surface area contributed by atoms with Crippen LogP contribution >= 0.6 is 22.7 Å². The van der Waals surface area contributed by atoms with Crippen LogP contribution in [0.1, 0.15) is 0 Å². The summed E-state index contributed by atoms with van der Waals surface area (Å²) in [5.74, 6) is 0. The first-order valence-corrected chi connectivity index (χ1v) is 10.6. The van der Waals surface area contributed by atoms with Crippen LogP contribution in [0.5, 0.6) is 0 Å². The second kappa shape index (κ2) is 4.89. The second-order valence-electron chi connectivity index (χ2n) is 6.93. The third kappa shape index (κ3) is 1.73. The van der Waals surface area contributed by atoms with E-state index >= 15 is 0 Å². The van der Waals surface area contributed by atoms with Gasteiger partial charge in [0.05, 0.1) is 0 Å². The summed E-state index contributed by atoms with van der Waals surface area (Å²) >= 11 is 3.78. The van der Waals surface area contributed by atoms with Crippen molar-refractivity contribution in [2.24, 2.45) is 0 Å². The Bertz CT molecular complexity index is 1680. The predicted octanol–water partition coefficient (Wildman–Crippen LogP) is 8.32. The van der Waals surface area contributed by atoms with Crippen LogP contribution in [0.25, 0.3) is 62.3 Å². The number of thiophene rings is 2. The molecule has 0 amide bonds. The van der Waals surface area contributed by atoms with Gasteiger partial charge in [0.25, 0.3) is 0 Å². The molecule has 126 valence electrons. The third-order valence-electron chi connectivity index (χ3n) is 5.48. The van der Waals surface area contributed by atoms with E-state index in [1.165, 1.54) is 51.1 Å². The largest absolute Gasteiger partial charge is 0.456 e. The van der Waals surface area contributed by atoms with Crippen LogP contribution in [0.2, 0.25) is 0 Å². The molecule has 0 aliphatic carbocycles. The fourth-order valence-electron chi connectivity index (χ4n) is 4.34. The Hall–Kier alpha value is -2.88. The van der Waals surface area contributed by atoms with Gasteiger partial charge in [-0.2, -0.15) is 0 Å². The number of benzene rings is 4. The van der Waals surface area contributed by atoms with Crippen molar-refractivity contribution in [2.75, 3.05) is 0 Å². The summed E-state index contributed by atoms with van der Waals surface area (Å²) in [6.45, 7) is 0. The van der Waals surface area contributed by atoms with Crippen molar-refractivity contribution in [2.45, 2.75) is 0 Å². The van der Waals surface area contributed by atoms with Gasteiger partial charge in [0, 0.05) is 51.1 Å². The molecule has 0 saturated heterocycles. The number of furan rings is 1. The molecule has 0 aliphatic rings. The van der Waals surface area contributed by atoms with Crippen molar-refractivity contribution in [1.29, 1.82) is 0 Å². The highest BCUT2D eigenvalue weighted by Crippen LogP contribution is 2.47. The van der Waals surface area contributed by atoms with Gasteiger partial charge in [-0.3, -0.25) is 0 Å². The molecule has 0 unspecified atom stereocenters. The minimum atomic E-state index is 0.961. The maximum absolute atomic E-state index is 6.16. The number of para-hydroxylation sites is 1. The molecule has 27 heavy (non-hydrogen) atoms. The first-order chi connectivity index (χ1) is 13.4. The molecule has 3 aromatic heterocycles. The summed E-state index contributed by atoms with van der Waals surface area (Å²) < 4.78 is 11.6. The van der Waals surface area contributed by atoms with E-state index in [1.807, 2.05) is 28.7 Å². The van der Waals surface area contributed by atoms with Crippen LogP contribution in [0, 0.1) is 0 Å². The van der Waals surface area contributed by atoms with E-state index in [0.29, 0.717) is 0 Å². The molecule has 7 rings (SSSR count). The van der Waals surface area contributed by atoms with Crippen LogP contribution < -0.4 is 0 Å². The average molecular weight is 380 g/mol. The average Bonchev–Trinajstić information content (AvgIpc) is 3.37. The smallest absolute Gasteiger partial charge is 0.136 e. The van der Waals surface area contributed by atoms with E-state index in [0.717, 1.165) is 11.2 Å². The summed E-state index contributed by atoms with van der Waals surface area (Å²) in [5, 5.41) is 7.88. The summed E-state index contributed by atoms with van der Waals surface area (Å²) in [6.07, 6.45) is 0. The summed E-state index contributed by atoms with van der Waals surface area (Å²) in [7, 11) is 0. The van der Waals surface area contributed by atoms with Crippen molar-refractivity contribution >= 4 is 85.0 Å². The van der Waals surface area contributed by atoms with Crippen molar-refractivity contribution in [1.82, 2.24) is 0 Å². The van der Waals surface area contributed by atoms with Gasteiger partial charge in [-0.05, 0) is 30.3 Å². The Morgan fingerprint density at radius 2 is 1.26 bits per heavy atom. The standard InChI is InChI=1S/C24H12OS2/c1-3-7-16-15(6-1)21-17(25-16)10-12-19-22(21)23-20(26-19)11-9-14-13-5-2-4-8-18(13)27-24(14)23/h1-12H. The van der Waals surface area contributed by atoms with Crippen LogP contribution in [0.4, 0.5) is 0 Å². The van der Waals surface area contributed by atoms with Crippen molar-refractivity contribution in [3.05, 3.63) is 72.8 Å². The highest BCUT2D eigenvalue weighted by molar-refractivity contribution is 7.30. The SMILES string of the molecule is c1ccc2c(c1)oc1ccc3sc4ccc5c6ccccc6sc5c4c3c12. The molecule has 0 N–H and O–H groups in total. The summed E-state index contributed by atoms with van der Waals surface area (Å²) in [5.41, 5.74) is 1.93. The fraction of sp³-hybridized carbons (Fsp3) is 0. The zero-order valence-electron chi connectivity index (χ0n) is 14.2. The molecule has 0 atom stereocenters. The highest BCUT2D eigenvalue weighted by atomic mass is 32.1. The summed E-state index contributed by atoms with van der Waals surface area (Å²) in [4.78, 5) is 0. The monoisotopic (exact) mass is 380 g/mol.